The van der Waals surface area contributed by atoms with E-state index in [1.54, 1.807) is 7.11 Å². The van der Waals surface area contributed by atoms with Gasteiger partial charge in [-0.2, -0.15) is 0 Å². The SMILES string of the molecule is COc1ccc2nc3cc(Cl)ccc3c(NCCc3ccccc3)c2c1. The van der Waals surface area contributed by atoms with Gasteiger partial charge in [-0.3, -0.25) is 0 Å². The van der Waals surface area contributed by atoms with Crippen LogP contribution in [0.25, 0.3) is 21.8 Å². The number of rotatable bonds is 5. The first-order valence-electron chi connectivity index (χ1n) is 8.59. The number of pyridine rings is 1. The first-order chi connectivity index (χ1) is 12.7. The summed E-state index contributed by atoms with van der Waals surface area (Å²) in [5.41, 5.74) is 4.18. The van der Waals surface area contributed by atoms with E-state index in [1.165, 1.54) is 5.56 Å². The van der Waals surface area contributed by atoms with Crippen LogP contribution in [0.4, 0.5) is 5.69 Å². The van der Waals surface area contributed by atoms with Crippen molar-refractivity contribution in [2.45, 2.75) is 6.42 Å². The Balaban J connectivity index is 1.77. The van der Waals surface area contributed by atoms with E-state index in [1.807, 2.05) is 42.5 Å². The molecule has 26 heavy (non-hydrogen) atoms. The van der Waals surface area contributed by atoms with Gasteiger partial charge in [0, 0.05) is 22.3 Å². The fraction of sp³-hybridized carbons (Fsp3) is 0.136. The fourth-order valence-electron chi connectivity index (χ4n) is 3.19. The van der Waals surface area contributed by atoms with Crippen LogP contribution in [-0.4, -0.2) is 18.6 Å². The molecule has 0 radical (unpaired) electrons. The van der Waals surface area contributed by atoms with Gasteiger partial charge in [0.1, 0.15) is 5.75 Å². The van der Waals surface area contributed by atoms with Gasteiger partial charge >= 0.3 is 0 Å². The Morgan fingerprint density at radius 1 is 0.923 bits per heavy atom. The van der Waals surface area contributed by atoms with E-state index in [9.17, 15) is 0 Å². The van der Waals surface area contributed by atoms with Crippen LogP contribution in [-0.2, 0) is 6.42 Å². The Labute approximate surface area is 157 Å². The van der Waals surface area contributed by atoms with Gasteiger partial charge in [-0.05, 0) is 48.4 Å². The van der Waals surface area contributed by atoms with Crippen LogP contribution >= 0.6 is 11.6 Å². The zero-order valence-electron chi connectivity index (χ0n) is 14.5. The van der Waals surface area contributed by atoms with Crippen molar-refractivity contribution < 1.29 is 4.74 Å². The Hall–Kier alpha value is -2.78. The molecule has 0 bridgehead atoms. The highest BCUT2D eigenvalue weighted by atomic mass is 35.5. The number of hydrogen-bond donors (Lipinski definition) is 1. The van der Waals surface area contributed by atoms with Crippen LogP contribution in [0.3, 0.4) is 0 Å². The predicted molar refractivity (Wildman–Crippen MR) is 109 cm³/mol. The van der Waals surface area contributed by atoms with Crippen LogP contribution in [0.2, 0.25) is 5.02 Å². The minimum atomic E-state index is 0.688. The van der Waals surface area contributed by atoms with Crippen molar-refractivity contribution in [1.29, 1.82) is 0 Å². The van der Waals surface area contributed by atoms with Gasteiger partial charge in [0.2, 0.25) is 0 Å². The molecule has 0 amide bonds. The summed E-state index contributed by atoms with van der Waals surface area (Å²) >= 11 is 6.17. The molecule has 0 aliphatic rings. The maximum atomic E-state index is 6.17. The van der Waals surface area contributed by atoms with E-state index in [-0.39, 0.29) is 0 Å². The summed E-state index contributed by atoms with van der Waals surface area (Å²) in [6.45, 7) is 0.831. The van der Waals surface area contributed by atoms with Gasteiger partial charge in [0.15, 0.2) is 0 Å². The second-order valence-electron chi connectivity index (χ2n) is 6.19. The molecule has 0 aliphatic heterocycles. The number of fused-ring (bicyclic) bond motifs is 2. The quantitative estimate of drug-likeness (QED) is 0.462. The Morgan fingerprint density at radius 2 is 1.77 bits per heavy atom. The zero-order valence-corrected chi connectivity index (χ0v) is 15.3. The zero-order chi connectivity index (χ0) is 17.9. The lowest BCUT2D eigenvalue weighted by Gasteiger charge is -2.14. The molecule has 4 heteroatoms. The normalized spacial score (nSPS) is 11.0. The van der Waals surface area contributed by atoms with Gasteiger partial charge in [-0.1, -0.05) is 41.9 Å². The minimum absolute atomic E-state index is 0.688. The molecule has 1 N–H and O–H groups in total. The average molecular weight is 363 g/mol. The minimum Gasteiger partial charge on any atom is -0.497 e. The van der Waals surface area contributed by atoms with E-state index in [0.29, 0.717) is 5.02 Å². The second kappa shape index (κ2) is 7.22. The number of benzene rings is 3. The molecule has 0 saturated carbocycles. The number of hydrogen-bond acceptors (Lipinski definition) is 3. The lowest BCUT2D eigenvalue weighted by Crippen LogP contribution is -2.06. The van der Waals surface area contributed by atoms with E-state index < -0.39 is 0 Å². The summed E-state index contributed by atoms with van der Waals surface area (Å²) < 4.78 is 5.41. The molecule has 0 spiro atoms. The van der Waals surface area contributed by atoms with Crippen molar-refractivity contribution in [3.63, 3.8) is 0 Å². The molecule has 1 heterocycles. The molecule has 0 fully saturated rings. The molecule has 0 aliphatic carbocycles. The lowest BCUT2D eigenvalue weighted by atomic mass is 10.1. The highest BCUT2D eigenvalue weighted by Crippen LogP contribution is 2.34. The fourth-order valence-corrected chi connectivity index (χ4v) is 3.36. The summed E-state index contributed by atoms with van der Waals surface area (Å²) in [6.07, 6.45) is 0.948. The molecule has 4 aromatic rings. The van der Waals surface area contributed by atoms with E-state index >= 15 is 0 Å². The maximum Gasteiger partial charge on any atom is 0.119 e. The Bertz CT molecular complexity index is 1060. The monoisotopic (exact) mass is 362 g/mol. The number of anilines is 1. The van der Waals surface area contributed by atoms with Crippen molar-refractivity contribution in [3.8, 4) is 5.75 Å². The molecule has 3 aromatic carbocycles. The molecule has 0 unspecified atom stereocenters. The third-order valence-corrected chi connectivity index (χ3v) is 4.74. The highest BCUT2D eigenvalue weighted by molar-refractivity contribution is 6.31. The van der Waals surface area contributed by atoms with Crippen LogP contribution in [0.1, 0.15) is 5.56 Å². The predicted octanol–water partition coefficient (Wildman–Crippen LogP) is 5.70. The summed E-state index contributed by atoms with van der Waals surface area (Å²) in [5, 5.41) is 6.41. The van der Waals surface area contributed by atoms with Gasteiger partial charge in [0.05, 0.1) is 23.8 Å². The third-order valence-electron chi connectivity index (χ3n) is 4.50. The Morgan fingerprint density at radius 3 is 2.58 bits per heavy atom. The molecular formula is C22H19ClN2O. The number of aromatic nitrogens is 1. The summed E-state index contributed by atoms with van der Waals surface area (Å²) in [7, 11) is 1.68. The molecule has 3 nitrogen and oxygen atoms in total. The van der Waals surface area contributed by atoms with Gasteiger partial charge in [-0.25, -0.2) is 4.98 Å². The third kappa shape index (κ3) is 3.31. The van der Waals surface area contributed by atoms with Crippen LogP contribution in [0, 0.1) is 0 Å². The molecule has 4 rings (SSSR count). The largest absolute Gasteiger partial charge is 0.497 e. The Kier molecular flexibility index (Phi) is 4.63. The maximum absolute atomic E-state index is 6.17. The van der Waals surface area contributed by atoms with Crippen molar-refractivity contribution in [1.82, 2.24) is 4.98 Å². The standard InChI is InChI=1S/C22H19ClN2O/c1-26-17-8-10-20-19(14-17)22(18-9-7-16(23)13-21(18)25-20)24-12-11-15-5-3-2-4-6-15/h2-10,13-14H,11-12H2,1H3,(H,24,25). The van der Waals surface area contributed by atoms with Crippen molar-refractivity contribution >= 4 is 39.1 Å². The number of nitrogens with one attached hydrogen (secondary N) is 1. The lowest BCUT2D eigenvalue weighted by molar-refractivity contribution is 0.415. The molecule has 130 valence electrons. The number of ether oxygens (including phenoxy) is 1. The van der Waals surface area contributed by atoms with E-state index in [4.69, 9.17) is 21.3 Å². The van der Waals surface area contributed by atoms with E-state index in [0.717, 1.165) is 46.2 Å². The first kappa shape index (κ1) is 16.7. The van der Waals surface area contributed by atoms with Crippen molar-refractivity contribution in [2.75, 3.05) is 19.0 Å². The average Bonchev–Trinajstić information content (AvgIpc) is 2.67. The summed E-state index contributed by atoms with van der Waals surface area (Å²) in [5.74, 6) is 0.818. The van der Waals surface area contributed by atoms with E-state index in [2.05, 4.69) is 29.6 Å². The van der Waals surface area contributed by atoms with Crippen LogP contribution < -0.4 is 10.1 Å². The molecule has 0 saturated heterocycles. The van der Waals surface area contributed by atoms with Crippen LogP contribution in [0.5, 0.6) is 5.75 Å². The molecule has 0 atom stereocenters. The highest BCUT2D eigenvalue weighted by Gasteiger charge is 2.10. The smallest absolute Gasteiger partial charge is 0.119 e. The van der Waals surface area contributed by atoms with Crippen molar-refractivity contribution in [3.05, 3.63) is 77.3 Å². The molecular weight excluding hydrogens is 344 g/mol. The second-order valence-corrected chi connectivity index (χ2v) is 6.63. The van der Waals surface area contributed by atoms with Gasteiger partial charge < -0.3 is 10.1 Å². The van der Waals surface area contributed by atoms with Gasteiger partial charge in [-0.15, -0.1) is 0 Å². The topological polar surface area (TPSA) is 34.1 Å². The number of methoxy groups -OCH3 is 1. The summed E-state index contributed by atoms with van der Waals surface area (Å²) in [4.78, 5) is 4.76. The number of nitrogens with zero attached hydrogens (tertiary/aromatic N) is 1. The van der Waals surface area contributed by atoms with Gasteiger partial charge in [0.25, 0.3) is 0 Å². The summed E-state index contributed by atoms with van der Waals surface area (Å²) in [6, 6.07) is 22.2. The van der Waals surface area contributed by atoms with Crippen LogP contribution in [0.15, 0.2) is 66.7 Å². The molecule has 1 aromatic heterocycles. The number of halogens is 1. The first-order valence-corrected chi connectivity index (χ1v) is 8.97. The van der Waals surface area contributed by atoms with Crippen molar-refractivity contribution in [2.24, 2.45) is 0 Å².